The molecule has 0 aliphatic carbocycles. The van der Waals surface area contributed by atoms with Gasteiger partial charge in [-0.25, -0.2) is 4.79 Å². The van der Waals surface area contributed by atoms with Crippen LogP contribution in [0.15, 0.2) is 0 Å². The van der Waals surface area contributed by atoms with E-state index in [0.29, 0.717) is 12.6 Å². The summed E-state index contributed by atoms with van der Waals surface area (Å²) in [4.78, 5) is 14.2. The van der Waals surface area contributed by atoms with E-state index in [1.54, 1.807) is 0 Å². The van der Waals surface area contributed by atoms with Crippen molar-refractivity contribution in [1.29, 1.82) is 0 Å². The van der Waals surface area contributed by atoms with Crippen LogP contribution in [0.4, 0.5) is 4.79 Å². The molecule has 1 heterocycles. The molecule has 0 radical (unpaired) electrons. The lowest BCUT2D eigenvalue weighted by Crippen LogP contribution is -2.51. The molecule has 1 aliphatic rings. The topological polar surface area (TPSA) is 41.6 Å². The molecule has 0 aromatic carbocycles. The molecular formula is C16H32N2O2S. The van der Waals surface area contributed by atoms with E-state index in [0.717, 1.165) is 6.54 Å². The monoisotopic (exact) mass is 316 g/mol. The largest absolute Gasteiger partial charge is 0.444 e. The van der Waals surface area contributed by atoms with E-state index in [-0.39, 0.29) is 11.6 Å². The zero-order valence-corrected chi connectivity index (χ0v) is 15.3. The van der Waals surface area contributed by atoms with Crippen molar-refractivity contribution in [3.63, 3.8) is 0 Å². The lowest BCUT2D eigenvalue weighted by atomic mass is 10.1. The standard InChI is InChI=1S/C16H32N2O2S/c1-15(2,3)18(14(19)20-16(4,5)6)10-9-17-13-8-7-11-21-12-13/h13,17H,7-12H2,1-6H3. The van der Waals surface area contributed by atoms with Crippen molar-refractivity contribution in [1.82, 2.24) is 10.2 Å². The number of amides is 1. The number of hydrogen-bond acceptors (Lipinski definition) is 4. The average molecular weight is 317 g/mol. The normalized spacial score (nSPS) is 20.2. The van der Waals surface area contributed by atoms with Gasteiger partial charge in [-0.2, -0.15) is 11.8 Å². The van der Waals surface area contributed by atoms with Gasteiger partial charge in [0, 0.05) is 30.4 Å². The summed E-state index contributed by atoms with van der Waals surface area (Å²) in [5.41, 5.74) is -0.681. The molecule has 5 heteroatoms. The molecule has 124 valence electrons. The maximum Gasteiger partial charge on any atom is 0.410 e. The molecule has 0 aromatic heterocycles. The molecule has 1 fully saturated rings. The van der Waals surface area contributed by atoms with E-state index in [9.17, 15) is 4.79 Å². The summed E-state index contributed by atoms with van der Waals surface area (Å²) in [7, 11) is 0. The number of carbonyl (C=O) groups is 1. The van der Waals surface area contributed by atoms with Gasteiger partial charge in [0.1, 0.15) is 5.60 Å². The predicted octanol–water partition coefficient (Wildman–Crippen LogP) is 3.51. The summed E-state index contributed by atoms with van der Waals surface area (Å²) in [6.07, 6.45) is 2.31. The number of carbonyl (C=O) groups excluding carboxylic acids is 1. The highest BCUT2D eigenvalue weighted by molar-refractivity contribution is 7.99. The second-order valence-corrected chi connectivity index (χ2v) is 8.82. The summed E-state index contributed by atoms with van der Waals surface area (Å²) in [6, 6.07) is 0.587. The van der Waals surface area contributed by atoms with Crippen LogP contribution < -0.4 is 5.32 Å². The highest BCUT2D eigenvalue weighted by Crippen LogP contribution is 2.19. The summed E-state index contributed by atoms with van der Waals surface area (Å²) in [5, 5.41) is 3.57. The van der Waals surface area contributed by atoms with Crippen LogP contribution in [-0.4, -0.2) is 52.8 Å². The fourth-order valence-electron chi connectivity index (χ4n) is 2.30. The molecule has 4 nitrogen and oxygen atoms in total. The Balaban J connectivity index is 2.48. The minimum absolute atomic E-state index is 0.227. The van der Waals surface area contributed by atoms with Crippen LogP contribution >= 0.6 is 11.8 Å². The molecule has 0 saturated carbocycles. The Labute approximate surface area is 134 Å². The molecule has 1 rings (SSSR count). The Morgan fingerprint density at radius 2 is 1.95 bits per heavy atom. The average Bonchev–Trinajstić information content (AvgIpc) is 2.32. The molecule has 1 aliphatic heterocycles. The smallest absolute Gasteiger partial charge is 0.410 e. The SMILES string of the molecule is CC(C)(C)OC(=O)N(CCNC1CCCSC1)C(C)(C)C. The van der Waals surface area contributed by atoms with Crippen LogP contribution in [0, 0.1) is 0 Å². The zero-order valence-electron chi connectivity index (χ0n) is 14.5. The van der Waals surface area contributed by atoms with E-state index >= 15 is 0 Å². The zero-order chi connectivity index (χ0) is 16.1. The summed E-state index contributed by atoms with van der Waals surface area (Å²) in [5.74, 6) is 2.46. The molecule has 0 bridgehead atoms. The number of nitrogens with zero attached hydrogens (tertiary/aromatic N) is 1. The van der Waals surface area contributed by atoms with E-state index in [1.165, 1.54) is 24.3 Å². The Morgan fingerprint density at radius 3 is 2.43 bits per heavy atom. The fraction of sp³-hybridized carbons (Fsp3) is 0.938. The van der Waals surface area contributed by atoms with Gasteiger partial charge >= 0.3 is 6.09 Å². The van der Waals surface area contributed by atoms with Crippen LogP contribution in [-0.2, 0) is 4.74 Å². The van der Waals surface area contributed by atoms with E-state index in [2.05, 4.69) is 5.32 Å². The van der Waals surface area contributed by atoms with Crippen LogP contribution in [0.3, 0.4) is 0 Å². The summed E-state index contributed by atoms with van der Waals surface area (Å²) >= 11 is 2.01. The van der Waals surface area contributed by atoms with Gasteiger partial charge in [0.2, 0.25) is 0 Å². The van der Waals surface area contributed by atoms with Gasteiger partial charge in [-0.1, -0.05) is 0 Å². The quantitative estimate of drug-likeness (QED) is 0.862. The molecule has 1 atom stereocenters. The number of thioether (sulfide) groups is 1. The van der Waals surface area contributed by atoms with Crippen LogP contribution in [0.5, 0.6) is 0 Å². The van der Waals surface area contributed by atoms with E-state index < -0.39 is 5.60 Å². The highest BCUT2D eigenvalue weighted by Gasteiger charge is 2.30. The van der Waals surface area contributed by atoms with E-state index in [4.69, 9.17) is 4.74 Å². The third kappa shape index (κ3) is 7.41. The van der Waals surface area contributed by atoms with Gasteiger partial charge in [0.25, 0.3) is 0 Å². The maximum absolute atomic E-state index is 12.4. The first kappa shape index (κ1) is 18.6. The number of ether oxygens (including phenoxy) is 1. The minimum Gasteiger partial charge on any atom is -0.444 e. The maximum atomic E-state index is 12.4. The summed E-state index contributed by atoms with van der Waals surface area (Å²) < 4.78 is 5.52. The molecule has 0 aromatic rings. The molecular weight excluding hydrogens is 284 g/mol. The number of nitrogens with one attached hydrogen (secondary N) is 1. The molecule has 1 unspecified atom stereocenters. The van der Waals surface area contributed by atoms with Gasteiger partial charge < -0.3 is 15.0 Å². The fourth-order valence-corrected chi connectivity index (χ4v) is 3.41. The van der Waals surface area contributed by atoms with Crippen molar-refractivity contribution in [2.45, 2.75) is 71.6 Å². The van der Waals surface area contributed by atoms with Crippen molar-refractivity contribution in [2.24, 2.45) is 0 Å². The molecule has 1 N–H and O–H groups in total. The van der Waals surface area contributed by atoms with Crippen molar-refractivity contribution < 1.29 is 9.53 Å². The first-order chi connectivity index (χ1) is 9.59. The van der Waals surface area contributed by atoms with Gasteiger partial charge in [-0.15, -0.1) is 0 Å². The molecule has 21 heavy (non-hydrogen) atoms. The first-order valence-electron chi connectivity index (χ1n) is 7.91. The third-order valence-electron chi connectivity index (χ3n) is 3.35. The highest BCUT2D eigenvalue weighted by atomic mass is 32.2. The van der Waals surface area contributed by atoms with Crippen molar-refractivity contribution in [2.75, 3.05) is 24.6 Å². The van der Waals surface area contributed by atoms with Crippen molar-refractivity contribution >= 4 is 17.9 Å². The van der Waals surface area contributed by atoms with Crippen molar-refractivity contribution in [3.8, 4) is 0 Å². The lowest BCUT2D eigenvalue weighted by Gasteiger charge is -2.37. The van der Waals surface area contributed by atoms with Gasteiger partial charge in [-0.3, -0.25) is 0 Å². The second kappa shape index (κ2) is 7.73. The lowest BCUT2D eigenvalue weighted by molar-refractivity contribution is 0.00648. The summed E-state index contributed by atoms with van der Waals surface area (Å²) in [6.45, 7) is 13.4. The Bertz CT molecular complexity index is 328. The van der Waals surface area contributed by atoms with E-state index in [1.807, 2.05) is 58.2 Å². The van der Waals surface area contributed by atoms with Gasteiger partial charge in [0.05, 0.1) is 0 Å². The predicted molar refractivity (Wildman–Crippen MR) is 91.0 cm³/mol. The first-order valence-corrected chi connectivity index (χ1v) is 9.07. The Hall–Kier alpha value is -0.420. The van der Waals surface area contributed by atoms with Crippen LogP contribution in [0.2, 0.25) is 0 Å². The Kier molecular flexibility index (Phi) is 6.85. The van der Waals surface area contributed by atoms with Crippen LogP contribution in [0.1, 0.15) is 54.4 Å². The molecule has 0 spiro atoms. The van der Waals surface area contributed by atoms with Gasteiger partial charge in [-0.05, 0) is 60.1 Å². The number of rotatable bonds is 4. The minimum atomic E-state index is -0.450. The third-order valence-corrected chi connectivity index (χ3v) is 4.57. The Morgan fingerprint density at radius 1 is 1.29 bits per heavy atom. The second-order valence-electron chi connectivity index (χ2n) is 7.67. The molecule has 1 amide bonds. The van der Waals surface area contributed by atoms with Gasteiger partial charge in [0.15, 0.2) is 0 Å². The molecule has 1 saturated heterocycles. The van der Waals surface area contributed by atoms with Crippen LogP contribution in [0.25, 0.3) is 0 Å². The number of hydrogen-bond donors (Lipinski definition) is 1. The van der Waals surface area contributed by atoms with Crippen molar-refractivity contribution in [3.05, 3.63) is 0 Å².